The van der Waals surface area contributed by atoms with Crippen molar-refractivity contribution in [1.82, 2.24) is 5.43 Å². The second-order valence-electron chi connectivity index (χ2n) is 4.32. The zero-order chi connectivity index (χ0) is 14.5. The predicted molar refractivity (Wildman–Crippen MR) is 77.7 cm³/mol. The van der Waals surface area contributed by atoms with Crippen molar-refractivity contribution < 1.29 is 13.9 Å². The number of nitrogen functional groups attached to an aromatic ring is 1. The fourth-order valence-electron chi connectivity index (χ4n) is 1.76. The van der Waals surface area contributed by atoms with Crippen LogP contribution >= 0.6 is 15.9 Å². The Morgan fingerprint density at radius 3 is 2.70 bits per heavy atom. The van der Waals surface area contributed by atoms with E-state index >= 15 is 0 Å². The van der Waals surface area contributed by atoms with Crippen LogP contribution in [-0.4, -0.2) is 5.91 Å². The minimum atomic E-state index is -0.443. The zero-order valence-electron chi connectivity index (χ0n) is 11.0. The molecule has 5 nitrogen and oxygen atoms in total. The lowest BCUT2D eigenvalue weighted by atomic mass is 10.2. The number of carbonyl (C=O) groups is 1. The summed E-state index contributed by atoms with van der Waals surface area (Å²) in [6.07, 6.45) is 0. The van der Waals surface area contributed by atoms with E-state index in [0.29, 0.717) is 19.0 Å². The minimum Gasteiger partial charge on any atom is -0.453 e. The Kier molecular flexibility index (Phi) is 4.94. The number of furan rings is 1. The van der Waals surface area contributed by atoms with E-state index in [1.165, 1.54) is 0 Å². The maximum absolute atomic E-state index is 11.4. The number of amides is 1. The number of carbonyl (C=O) groups excluding carboxylic acids is 1. The van der Waals surface area contributed by atoms with Crippen LogP contribution in [0, 0.1) is 6.92 Å². The average Bonchev–Trinajstić information content (AvgIpc) is 2.81. The van der Waals surface area contributed by atoms with Crippen LogP contribution in [0.2, 0.25) is 0 Å². The van der Waals surface area contributed by atoms with Crippen LogP contribution in [0.4, 0.5) is 0 Å². The van der Waals surface area contributed by atoms with Crippen LogP contribution in [0.5, 0.6) is 0 Å². The SMILES string of the molecule is Cc1cc(COCc2ccc(Br)cc2)oc1C(=O)NN. The number of nitrogens with one attached hydrogen (secondary N) is 1. The lowest BCUT2D eigenvalue weighted by Gasteiger charge is -2.02. The Bertz CT molecular complexity index is 593. The topological polar surface area (TPSA) is 77.5 Å². The van der Waals surface area contributed by atoms with E-state index in [2.05, 4.69) is 15.9 Å². The van der Waals surface area contributed by atoms with Gasteiger partial charge in [0.1, 0.15) is 12.4 Å². The summed E-state index contributed by atoms with van der Waals surface area (Å²) in [6.45, 7) is 2.56. The third-order valence-electron chi connectivity index (χ3n) is 2.73. The van der Waals surface area contributed by atoms with Gasteiger partial charge in [-0.1, -0.05) is 28.1 Å². The summed E-state index contributed by atoms with van der Waals surface area (Å²) >= 11 is 3.38. The first kappa shape index (κ1) is 14.8. The van der Waals surface area contributed by atoms with Crippen molar-refractivity contribution in [3.8, 4) is 0 Å². The van der Waals surface area contributed by atoms with E-state index in [1.807, 2.05) is 29.7 Å². The maximum Gasteiger partial charge on any atom is 0.301 e. The Balaban J connectivity index is 1.91. The first-order valence-electron chi connectivity index (χ1n) is 6.02. The minimum absolute atomic E-state index is 0.217. The molecule has 0 bridgehead atoms. The first-order valence-corrected chi connectivity index (χ1v) is 6.82. The van der Waals surface area contributed by atoms with Gasteiger partial charge in [-0.25, -0.2) is 5.84 Å². The van der Waals surface area contributed by atoms with E-state index < -0.39 is 5.91 Å². The molecular formula is C14H15BrN2O3. The molecule has 3 N–H and O–H groups in total. The molecule has 0 aliphatic carbocycles. The van der Waals surface area contributed by atoms with Crippen LogP contribution in [0.15, 0.2) is 39.2 Å². The summed E-state index contributed by atoms with van der Waals surface area (Å²) < 4.78 is 12.0. The Hall–Kier alpha value is -1.63. The summed E-state index contributed by atoms with van der Waals surface area (Å²) in [4.78, 5) is 11.4. The molecule has 2 aromatic rings. The molecule has 0 unspecified atom stereocenters. The molecule has 0 saturated heterocycles. The number of benzene rings is 1. The van der Waals surface area contributed by atoms with Crippen molar-refractivity contribution in [2.45, 2.75) is 20.1 Å². The highest BCUT2D eigenvalue weighted by atomic mass is 79.9. The first-order chi connectivity index (χ1) is 9.60. The summed E-state index contributed by atoms with van der Waals surface area (Å²) in [5, 5.41) is 0. The van der Waals surface area contributed by atoms with Gasteiger partial charge in [-0.3, -0.25) is 10.2 Å². The Morgan fingerprint density at radius 1 is 1.35 bits per heavy atom. The molecule has 0 saturated carbocycles. The van der Waals surface area contributed by atoms with Gasteiger partial charge in [-0.15, -0.1) is 0 Å². The predicted octanol–water partition coefficient (Wildman–Crippen LogP) is 2.67. The average molecular weight is 339 g/mol. The van der Waals surface area contributed by atoms with E-state index in [9.17, 15) is 4.79 Å². The molecule has 0 radical (unpaired) electrons. The lowest BCUT2D eigenvalue weighted by molar-refractivity contribution is 0.0855. The van der Waals surface area contributed by atoms with Gasteiger partial charge in [0.2, 0.25) is 0 Å². The zero-order valence-corrected chi connectivity index (χ0v) is 12.6. The third-order valence-corrected chi connectivity index (χ3v) is 3.26. The van der Waals surface area contributed by atoms with Gasteiger partial charge in [0, 0.05) is 10.0 Å². The highest BCUT2D eigenvalue weighted by molar-refractivity contribution is 9.10. The number of halogens is 1. The molecule has 0 aliphatic heterocycles. The number of aryl methyl sites for hydroxylation is 1. The molecule has 0 aliphatic rings. The van der Waals surface area contributed by atoms with Gasteiger partial charge in [-0.2, -0.15) is 0 Å². The third kappa shape index (κ3) is 3.69. The molecule has 1 aromatic heterocycles. The molecule has 1 heterocycles. The van der Waals surface area contributed by atoms with Gasteiger partial charge in [0.25, 0.3) is 0 Å². The van der Waals surface area contributed by atoms with Crippen LogP contribution in [0.25, 0.3) is 0 Å². The molecule has 0 atom stereocenters. The normalized spacial score (nSPS) is 10.6. The summed E-state index contributed by atoms with van der Waals surface area (Å²) in [5.41, 5.74) is 3.84. The number of nitrogens with two attached hydrogens (primary N) is 1. The number of rotatable bonds is 5. The highest BCUT2D eigenvalue weighted by Gasteiger charge is 2.14. The molecule has 1 amide bonds. The lowest BCUT2D eigenvalue weighted by Crippen LogP contribution is -2.30. The molecule has 0 fully saturated rings. The summed E-state index contributed by atoms with van der Waals surface area (Å²) in [6, 6.07) is 9.64. The maximum atomic E-state index is 11.4. The van der Waals surface area contributed by atoms with Crippen molar-refractivity contribution in [1.29, 1.82) is 0 Å². The van der Waals surface area contributed by atoms with Crippen LogP contribution in [-0.2, 0) is 18.0 Å². The van der Waals surface area contributed by atoms with E-state index in [4.69, 9.17) is 15.0 Å². The fourth-order valence-corrected chi connectivity index (χ4v) is 2.02. The van der Waals surface area contributed by atoms with Crippen LogP contribution < -0.4 is 11.3 Å². The number of hydrazine groups is 1. The van der Waals surface area contributed by atoms with Crippen molar-refractivity contribution in [3.05, 3.63) is 57.5 Å². The standard InChI is InChI=1S/C14H15BrN2O3/c1-9-6-12(20-13(9)14(18)17-16)8-19-7-10-2-4-11(15)5-3-10/h2-6H,7-8,16H2,1H3,(H,17,18). The molecule has 106 valence electrons. The monoisotopic (exact) mass is 338 g/mol. The molecule has 2 rings (SSSR count). The molecule has 1 aromatic carbocycles. The quantitative estimate of drug-likeness (QED) is 0.499. The van der Waals surface area contributed by atoms with E-state index in [0.717, 1.165) is 15.6 Å². The number of hydrogen-bond donors (Lipinski definition) is 2. The van der Waals surface area contributed by atoms with Crippen molar-refractivity contribution in [3.63, 3.8) is 0 Å². The molecule has 20 heavy (non-hydrogen) atoms. The summed E-state index contributed by atoms with van der Waals surface area (Å²) in [5.74, 6) is 5.45. The second kappa shape index (κ2) is 6.69. The van der Waals surface area contributed by atoms with Crippen LogP contribution in [0.1, 0.15) is 27.4 Å². The largest absolute Gasteiger partial charge is 0.453 e. The van der Waals surface area contributed by atoms with E-state index in [1.54, 1.807) is 13.0 Å². The van der Waals surface area contributed by atoms with E-state index in [-0.39, 0.29) is 5.76 Å². The molecular weight excluding hydrogens is 324 g/mol. The second-order valence-corrected chi connectivity index (χ2v) is 5.23. The number of ether oxygens (including phenoxy) is 1. The van der Waals surface area contributed by atoms with Crippen molar-refractivity contribution >= 4 is 21.8 Å². The molecule has 0 spiro atoms. The molecule has 6 heteroatoms. The van der Waals surface area contributed by atoms with Gasteiger partial charge >= 0.3 is 5.91 Å². The summed E-state index contributed by atoms with van der Waals surface area (Å²) in [7, 11) is 0. The van der Waals surface area contributed by atoms with Crippen molar-refractivity contribution in [2.75, 3.05) is 0 Å². The van der Waals surface area contributed by atoms with Gasteiger partial charge in [0.15, 0.2) is 5.76 Å². The van der Waals surface area contributed by atoms with Gasteiger partial charge < -0.3 is 9.15 Å². The van der Waals surface area contributed by atoms with Gasteiger partial charge in [0.05, 0.1) is 6.61 Å². The van der Waals surface area contributed by atoms with Crippen LogP contribution in [0.3, 0.4) is 0 Å². The fraction of sp³-hybridized carbons (Fsp3) is 0.214. The smallest absolute Gasteiger partial charge is 0.301 e. The number of hydrogen-bond acceptors (Lipinski definition) is 4. The van der Waals surface area contributed by atoms with Gasteiger partial charge in [-0.05, 0) is 30.7 Å². The Morgan fingerprint density at radius 2 is 2.05 bits per heavy atom. The van der Waals surface area contributed by atoms with Crippen molar-refractivity contribution in [2.24, 2.45) is 5.84 Å². The Labute approximate surface area is 125 Å². The highest BCUT2D eigenvalue weighted by Crippen LogP contribution is 2.16.